The zero-order valence-corrected chi connectivity index (χ0v) is 17.1. The number of piperazine rings is 1. The lowest BCUT2D eigenvalue weighted by Gasteiger charge is -2.36. The minimum atomic E-state index is -0.418. The fourth-order valence-electron chi connectivity index (χ4n) is 3.93. The second kappa shape index (κ2) is 9.63. The van der Waals surface area contributed by atoms with Crippen molar-refractivity contribution in [3.63, 3.8) is 0 Å². The predicted octanol–water partition coefficient (Wildman–Crippen LogP) is 2.31. The van der Waals surface area contributed by atoms with E-state index in [0.717, 1.165) is 44.7 Å². The Balaban J connectivity index is 1.14. The van der Waals surface area contributed by atoms with Crippen LogP contribution in [-0.2, 0) is 11.3 Å². The van der Waals surface area contributed by atoms with Crippen LogP contribution in [0, 0.1) is 0 Å². The lowest BCUT2D eigenvalue weighted by Crippen LogP contribution is -2.47. The van der Waals surface area contributed by atoms with Gasteiger partial charge in [-0.1, -0.05) is 30.3 Å². The molecule has 1 N–H and O–H groups in total. The largest absolute Gasteiger partial charge is 0.419 e. The quantitative estimate of drug-likeness (QED) is 0.579. The zero-order chi connectivity index (χ0) is 20.8. The van der Waals surface area contributed by atoms with Crippen LogP contribution >= 0.6 is 0 Å². The Bertz CT molecular complexity index is 1020. The predicted molar refractivity (Wildman–Crippen MR) is 118 cm³/mol. The number of nitrogens with one attached hydrogen (secondary N) is 1. The molecule has 3 aromatic rings. The summed E-state index contributed by atoms with van der Waals surface area (Å²) in [4.78, 5) is 29.0. The van der Waals surface area contributed by atoms with E-state index in [9.17, 15) is 9.59 Å². The molecule has 0 bridgehead atoms. The third-order valence-corrected chi connectivity index (χ3v) is 5.60. The highest BCUT2D eigenvalue weighted by atomic mass is 16.4. The molecule has 0 saturated carbocycles. The van der Waals surface area contributed by atoms with Crippen LogP contribution in [0.15, 0.2) is 63.8 Å². The van der Waals surface area contributed by atoms with Crippen molar-refractivity contribution >= 4 is 22.7 Å². The van der Waals surface area contributed by atoms with Crippen molar-refractivity contribution in [1.82, 2.24) is 14.8 Å². The van der Waals surface area contributed by atoms with Crippen LogP contribution in [-0.4, -0.2) is 54.6 Å². The number of oxazole rings is 1. The number of aryl methyl sites for hydroxylation is 1. The maximum Gasteiger partial charge on any atom is 0.419 e. The number of benzene rings is 2. The van der Waals surface area contributed by atoms with E-state index in [4.69, 9.17) is 4.42 Å². The summed E-state index contributed by atoms with van der Waals surface area (Å²) in [5.74, 6) is -0.459. The van der Waals surface area contributed by atoms with Crippen molar-refractivity contribution in [2.24, 2.45) is 0 Å². The Morgan fingerprint density at radius 1 is 0.933 bits per heavy atom. The molecule has 1 fully saturated rings. The van der Waals surface area contributed by atoms with Crippen molar-refractivity contribution in [1.29, 1.82) is 0 Å². The number of hydrogen-bond acceptors (Lipinski definition) is 5. The molecule has 2 aromatic carbocycles. The van der Waals surface area contributed by atoms with Crippen LogP contribution in [0.1, 0.15) is 12.8 Å². The Kier molecular flexibility index (Phi) is 6.49. The molecule has 30 heavy (non-hydrogen) atoms. The van der Waals surface area contributed by atoms with Gasteiger partial charge >= 0.3 is 5.76 Å². The number of anilines is 1. The van der Waals surface area contributed by atoms with Gasteiger partial charge in [0.15, 0.2) is 5.58 Å². The second-order valence-corrected chi connectivity index (χ2v) is 7.61. The molecule has 0 spiro atoms. The molecule has 4 rings (SSSR count). The Morgan fingerprint density at radius 3 is 2.47 bits per heavy atom. The van der Waals surface area contributed by atoms with E-state index in [0.29, 0.717) is 18.7 Å². The van der Waals surface area contributed by atoms with E-state index in [2.05, 4.69) is 39.4 Å². The summed E-state index contributed by atoms with van der Waals surface area (Å²) in [6.45, 7) is 6.10. The average molecular weight is 409 g/mol. The van der Waals surface area contributed by atoms with Crippen molar-refractivity contribution < 1.29 is 9.21 Å². The van der Waals surface area contributed by atoms with Gasteiger partial charge in [-0.15, -0.1) is 0 Å². The molecule has 0 aliphatic carbocycles. The zero-order valence-electron chi connectivity index (χ0n) is 17.1. The van der Waals surface area contributed by atoms with Crippen molar-refractivity contribution in [2.45, 2.75) is 19.4 Å². The van der Waals surface area contributed by atoms with Crippen LogP contribution in [0.3, 0.4) is 0 Å². The fourth-order valence-corrected chi connectivity index (χ4v) is 3.93. The maximum absolute atomic E-state index is 12.2. The molecular weight excluding hydrogens is 380 g/mol. The van der Waals surface area contributed by atoms with Crippen LogP contribution in [0.25, 0.3) is 11.1 Å². The first-order valence-corrected chi connectivity index (χ1v) is 10.6. The summed E-state index contributed by atoms with van der Waals surface area (Å²) >= 11 is 0. The van der Waals surface area contributed by atoms with Crippen LogP contribution in [0.2, 0.25) is 0 Å². The lowest BCUT2D eigenvalue weighted by molar-refractivity contribution is -0.121. The molecule has 7 nitrogen and oxygen atoms in total. The smallest absolute Gasteiger partial charge is 0.408 e. The molecule has 0 radical (unpaired) electrons. The number of amides is 1. The monoisotopic (exact) mass is 408 g/mol. The van der Waals surface area contributed by atoms with E-state index >= 15 is 0 Å². The molecule has 1 saturated heterocycles. The van der Waals surface area contributed by atoms with E-state index in [-0.39, 0.29) is 12.3 Å². The number of para-hydroxylation sites is 3. The number of aromatic nitrogens is 1. The molecule has 7 heteroatoms. The second-order valence-electron chi connectivity index (χ2n) is 7.61. The van der Waals surface area contributed by atoms with Gasteiger partial charge in [0.2, 0.25) is 5.91 Å². The average Bonchev–Trinajstić information content (AvgIpc) is 3.11. The number of fused-ring (bicyclic) bond motifs is 1. The fraction of sp³-hybridized carbons (Fsp3) is 0.391. The summed E-state index contributed by atoms with van der Waals surface area (Å²) in [6, 6.07) is 17.8. The van der Waals surface area contributed by atoms with Crippen LogP contribution < -0.4 is 16.0 Å². The highest BCUT2D eigenvalue weighted by Crippen LogP contribution is 2.15. The van der Waals surface area contributed by atoms with Crippen molar-refractivity contribution in [3.8, 4) is 0 Å². The highest BCUT2D eigenvalue weighted by Gasteiger charge is 2.16. The van der Waals surface area contributed by atoms with E-state index in [1.54, 1.807) is 6.07 Å². The highest BCUT2D eigenvalue weighted by molar-refractivity contribution is 5.76. The third kappa shape index (κ3) is 4.91. The summed E-state index contributed by atoms with van der Waals surface area (Å²) < 4.78 is 6.71. The number of rotatable bonds is 8. The standard InChI is InChI=1S/C23H28N4O3/c28-22(11-14-27-20-9-4-5-10-21(20)30-23(27)29)24-12-6-13-25-15-17-26(18-16-25)19-7-2-1-3-8-19/h1-5,7-10H,6,11-18H2,(H,24,28). The third-order valence-electron chi connectivity index (χ3n) is 5.60. The normalized spacial score (nSPS) is 14.9. The van der Waals surface area contributed by atoms with Crippen LogP contribution in [0.5, 0.6) is 0 Å². The molecule has 1 amide bonds. The number of nitrogens with zero attached hydrogens (tertiary/aromatic N) is 3. The van der Waals surface area contributed by atoms with Gasteiger partial charge in [0.1, 0.15) is 0 Å². The first-order chi connectivity index (χ1) is 14.7. The van der Waals surface area contributed by atoms with Gasteiger partial charge in [0, 0.05) is 51.4 Å². The van der Waals surface area contributed by atoms with E-state index < -0.39 is 5.76 Å². The first-order valence-electron chi connectivity index (χ1n) is 10.6. The van der Waals surface area contributed by atoms with Gasteiger partial charge in [-0.3, -0.25) is 14.3 Å². The lowest BCUT2D eigenvalue weighted by atomic mass is 10.2. The van der Waals surface area contributed by atoms with Gasteiger partial charge in [-0.25, -0.2) is 4.79 Å². The Hall–Kier alpha value is -3.06. The number of carbonyl (C=O) groups is 1. The summed E-state index contributed by atoms with van der Waals surface area (Å²) in [5, 5.41) is 2.96. The first kappa shape index (κ1) is 20.2. The topological polar surface area (TPSA) is 70.7 Å². The Labute approximate surface area is 175 Å². The summed E-state index contributed by atoms with van der Waals surface area (Å²) in [5.41, 5.74) is 2.56. The van der Waals surface area contributed by atoms with Crippen molar-refractivity contribution in [2.75, 3.05) is 44.2 Å². The van der Waals surface area contributed by atoms with Crippen molar-refractivity contribution in [3.05, 3.63) is 65.1 Å². The minimum absolute atomic E-state index is 0.0407. The molecule has 2 heterocycles. The molecule has 1 aromatic heterocycles. The SMILES string of the molecule is O=C(CCn1c(=O)oc2ccccc21)NCCCN1CCN(c2ccccc2)CC1. The molecule has 1 aliphatic rings. The summed E-state index contributed by atoms with van der Waals surface area (Å²) in [6.07, 6.45) is 1.19. The minimum Gasteiger partial charge on any atom is -0.408 e. The van der Waals surface area contributed by atoms with E-state index in [1.807, 2.05) is 24.3 Å². The van der Waals surface area contributed by atoms with Crippen LogP contribution in [0.4, 0.5) is 5.69 Å². The number of carbonyl (C=O) groups excluding carboxylic acids is 1. The van der Waals surface area contributed by atoms with Gasteiger partial charge in [0.25, 0.3) is 0 Å². The molecular formula is C23H28N4O3. The maximum atomic E-state index is 12.2. The number of hydrogen-bond donors (Lipinski definition) is 1. The molecule has 0 unspecified atom stereocenters. The van der Waals surface area contributed by atoms with E-state index in [1.165, 1.54) is 10.3 Å². The molecule has 0 atom stereocenters. The molecule has 1 aliphatic heterocycles. The van der Waals surface area contributed by atoms with Gasteiger partial charge in [0.05, 0.1) is 5.52 Å². The Morgan fingerprint density at radius 2 is 1.67 bits per heavy atom. The van der Waals surface area contributed by atoms with Gasteiger partial charge < -0.3 is 14.6 Å². The van der Waals surface area contributed by atoms with Gasteiger partial charge in [-0.2, -0.15) is 0 Å². The summed E-state index contributed by atoms with van der Waals surface area (Å²) in [7, 11) is 0. The molecule has 158 valence electrons. The van der Waals surface area contributed by atoms with Gasteiger partial charge in [-0.05, 0) is 37.2 Å².